The van der Waals surface area contributed by atoms with Crippen LogP contribution in [0.1, 0.15) is 31.7 Å². The fourth-order valence-corrected chi connectivity index (χ4v) is 2.81. The molecular formula is C16H23N3OS. The molecule has 1 aromatic carbocycles. The van der Waals surface area contributed by atoms with Gasteiger partial charge in [0.05, 0.1) is 6.54 Å². The van der Waals surface area contributed by atoms with E-state index in [0.29, 0.717) is 11.5 Å². The number of piperidine rings is 1. The van der Waals surface area contributed by atoms with Gasteiger partial charge in [-0.05, 0) is 56.1 Å². The lowest BCUT2D eigenvalue weighted by Crippen LogP contribution is -2.39. The zero-order valence-corrected chi connectivity index (χ0v) is 13.3. The first-order valence-corrected chi connectivity index (χ1v) is 7.91. The number of nitrogens with two attached hydrogens (primary N) is 1. The first-order valence-electron chi connectivity index (χ1n) is 7.50. The maximum absolute atomic E-state index is 12.0. The number of carbonyl (C=O) groups excluding carboxylic acids is 1. The third-order valence-corrected chi connectivity index (χ3v) is 4.34. The summed E-state index contributed by atoms with van der Waals surface area (Å²) in [5.74, 6) is 0.866. The Morgan fingerprint density at radius 1 is 1.33 bits per heavy atom. The van der Waals surface area contributed by atoms with Gasteiger partial charge in [-0.15, -0.1) is 0 Å². The molecule has 0 atom stereocenters. The summed E-state index contributed by atoms with van der Waals surface area (Å²) in [5, 5.41) is 2.92. The summed E-state index contributed by atoms with van der Waals surface area (Å²) >= 11 is 4.90. The first-order chi connectivity index (χ1) is 10.1. The largest absolute Gasteiger partial charge is 0.389 e. The monoisotopic (exact) mass is 305 g/mol. The van der Waals surface area contributed by atoms with E-state index >= 15 is 0 Å². The third kappa shape index (κ3) is 4.79. The van der Waals surface area contributed by atoms with Crippen molar-refractivity contribution in [2.45, 2.75) is 26.2 Å². The van der Waals surface area contributed by atoms with Gasteiger partial charge in [0.2, 0.25) is 5.91 Å². The number of hydrogen-bond donors (Lipinski definition) is 2. The second-order valence-corrected chi connectivity index (χ2v) is 6.06. The van der Waals surface area contributed by atoms with Gasteiger partial charge in [0.1, 0.15) is 4.99 Å². The number of rotatable bonds is 5. The van der Waals surface area contributed by atoms with Gasteiger partial charge >= 0.3 is 0 Å². The summed E-state index contributed by atoms with van der Waals surface area (Å²) in [4.78, 5) is 14.6. The molecule has 1 aromatic rings. The predicted molar refractivity (Wildman–Crippen MR) is 90.4 cm³/mol. The fraction of sp³-hybridized carbons (Fsp3) is 0.500. The van der Waals surface area contributed by atoms with Crippen molar-refractivity contribution in [3.8, 4) is 0 Å². The maximum atomic E-state index is 12.0. The van der Waals surface area contributed by atoms with Crippen LogP contribution in [0.2, 0.25) is 0 Å². The standard InChI is InChI=1S/C16H23N3OS/c1-2-12-7-9-19(10-8-12)11-15(20)18-14-5-3-13(4-6-14)16(17)21/h3-6,12H,2,7-11H2,1H3,(H2,17,21)(H,18,20). The van der Waals surface area contributed by atoms with E-state index in [0.717, 1.165) is 30.3 Å². The number of nitrogens with one attached hydrogen (secondary N) is 1. The number of likely N-dealkylation sites (tertiary alicyclic amines) is 1. The number of anilines is 1. The molecule has 0 spiro atoms. The highest BCUT2D eigenvalue weighted by molar-refractivity contribution is 7.80. The van der Waals surface area contributed by atoms with Crippen molar-refractivity contribution in [3.63, 3.8) is 0 Å². The van der Waals surface area contributed by atoms with Crippen molar-refractivity contribution < 1.29 is 4.79 Å². The van der Waals surface area contributed by atoms with Gasteiger partial charge in [0, 0.05) is 11.3 Å². The SMILES string of the molecule is CCC1CCN(CC(=O)Nc2ccc(C(N)=S)cc2)CC1. The van der Waals surface area contributed by atoms with Gasteiger partial charge in [-0.25, -0.2) is 0 Å². The molecule has 0 unspecified atom stereocenters. The molecule has 5 heteroatoms. The van der Waals surface area contributed by atoms with Crippen LogP contribution in [0, 0.1) is 5.92 Å². The summed E-state index contributed by atoms with van der Waals surface area (Å²) in [7, 11) is 0. The van der Waals surface area contributed by atoms with E-state index in [1.54, 1.807) is 0 Å². The van der Waals surface area contributed by atoms with Crippen molar-refractivity contribution in [3.05, 3.63) is 29.8 Å². The molecule has 1 aliphatic heterocycles. The Hall–Kier alpha value is -1.46. The van der Waals surface area contributed by atoms with Crippen LogP contribution in [0.4, 0.5) is 5.69 Å². The molecule has 114 valence electrons. The van der Waals surface area contributed by atoms with Crippen LogP contribution < -0.4 is 11.1 Å². The highest BCUT2D eigenvalue weighted by Crippen LogP contribution is 2.19. The van der Waals surface area contributed by atoms with E-state index in [4.69, 9.17) is 18.0 Å². The van der Waals surface area contributed by atoms with E-state index in [1.165, 1.54) is 19.3 Å². The van der Waals surface area contributed by atoms with Gasteiger partial charge in [0.15, 0.2) is 0 Å². The third-order valence-electron chi connectivity index (χ3n) is 4.10. The number of thiocarbonyl (C=S) groups is 1. The molecule has 2 rings (SSSR count). The molecule has 21 heavy (non-hydrogen) atoms. The average Bonchev–Trinajstić information content (AvgIpc) is 2.48. The first kappa shape index (κ1) is 15.9. The number of nitrogens with zero attached hydrogens (tertiary/aromatic N) is 1. The van der Waals surface area contributed by atoms with Crippen LogP contribution in [-0.2, 0) is 4.79 Å². The number of hydrogen-bond acceptors (Lipinski definition) is 3. The molecular weight excluding hydrogens is 282 g/mol. The van der Waals surface area contributed by atoms with Crippen molar-refractivity contribution in [1.29, 1.82) is 0 Å². The Morgan fingerprint density at radius 2 is 1.95 bits per heavy atom. The summed E-state index contributed by atoms with van der Waals surface area (Å²) in [6.07, 6.45) is 3.65. The minimum Gasteiger partial charge on any atom is -0.389 e. The van der Waals surface area contributed by atoms with Crippen LogP contribution >= 0.6 is 12.2 Å². The molecule has 0 aliphatic carbocycles. The van der Waals surface area contributed by atoms with Gasteiger partial charge in [-0.2, -0.15) is 0 Å². The maximum Gasteiger partial charge on any atom is 0.238 e. The molecule has 1 amide bonds. The normalized spacial score (nSPS) is 16.6. The summed E-state index contributed by atoms with van der Waals surface area (Å²) in [5.41, 5.74) is 7.14. The predicted octanol–water partition coefficient (Wildman–Crippen LogP) is 2.38. The highest BCUT2D eigenvalue weighted by Gasteiger charge is 2.19. The lowest BCUT2D eigenvalue weighted by Gasteiger charge is -2.30. The van der Waals surface area contributed by atoms with Crippen LogP contribution in [0.5, 0.6) is 0 Å². The quantitative estimate of drug-likeness (QED) is 0.820. The summed E-state index contributed by atoms with van der Waals surface area (Å²) < 4.78 is 0. The van der Waals surface area contributed by atoms with E-state index in [-0.39, 0.29) is 5.91 Å². The van der Waals surface area contributed by atoms with E-state index in [1.807, 2.05) is 24.3 Å². The molecule has 1 saturated heterocycles. The number of amides is 1. The lowest BCUT2D eigenvalue weighted by atomic mass is 9.94. The van der Waals surface area contributed by atoms with E-state index in [9.17, 15) is 4.79 Å². The number of benzene rings is 1. The van der Waals surface area contributed by atoms with Gasteiger partial charge < -0.3 is 11.1 Å². The molecule has 4 nitrogen and oxygen atoms in total. The van der Waals surface area contributed by atoms with Crippen molar-refractivity contribution in [2.75, 3.05) is 25.0 Å². The zero-order chi connectivity index (χ0) is 15.2. The molecule has 0 radical (unpaired) electrons. The lowest BCUT2D eigenvalue weighted by molar-refractivity contribution is -0.117. The van der Waals surface area contributed by atoms with Crippen molar-refractivity contribution >= 4 is 28.8 Å². The second-order valence-electron chi connectivity index (χ2n) is 5.62. The molecule has 0 aromatic heterocycles. The Bertz CT molecular complexity index is 493. The molecule has 1 heterocycles. The number of carbonyl (C=O) groups is 1. The van der Waals surface area contributed by atoms with Gasteiger partial charge in [-0.1, -0.05) is 25.6 Å². The minimum atomic E-state index is 0.0352. The minimum absolute atomic E-state index is 0.0352. The van der Waals surface area contributed by atoms with Crippen LogP contribution in [0.15, 0.2) is 24.3 Å². The van der Waals surface area contributed by atoms with Crippen LogP contribution in [0.3, 0.4) is 0 Å². The molecule has 3 N–H and O–H groups in total. The smallest absolute Gasteiger partial charge is 0.238 e. The average molecular weight is 305 g/mol. The molecule has 1 fully saturated rings. The zero-order valence-electron chi connectivity index (χ0n) is 12.5. The highest BCUT2D eigenvalue weighted by atomic mass is 32.1. The Labute approximate surface area is 131 Å². The Kier molecular flexibility index (Phi) is 5.70. The molecule has 0 saturated carbocycles. The second kappa shape index (κ2) is 7.52. The fourth-order valence-electron chi connectivity index (χ4n) is 2.67. The van der Waals surface area contributed by atoms with Gasteiger partial charge in [0.25, 0.3) is 0 Å². The van der Waals surface area contributed by atoms with E-state index < -0.39 is 0 Å². The van der Waals surface area contributed by atoms with Gasteiger partial charge in [-0.3, -0.25) is 9.69 Å². The summed E-state index contributed by atoms with van der Waals surface area (Å²) in [6.45, 7) is 4.75. The molecule has 0 bridgehead atoms. The topological polar surface area (TPSA) is 58.4 Å². The Morgan fingerprint density at radius 3 is 2.48 bits per heavy atom. The van der Waals surface area contributed by atoms with Crippen LogP contribution in [0.25, 0.3) is 0 Å². The van der Waals surface area contributed by atoms with E-state index in [2.05, 4.69) is 17.1 Å². The van der Waals surface area contributed by atoms with Crippen molar-refractivity contribution in [1.82, 2.24) is 4.90 Å². The van der Waals surface area contributed by atoms with Crippen molar-refractivity contribution in [2.24, 2.45) is 11.7 Å². The summed E-state index contributed by atoms with van der Waals surface area (Å²) in [6, 6.07) is 7.31. The Balaban J connectivity index is 1.80. The van der Waals surface area contributed by atoms with Crippen LogP contribution in [-0.4, -0.2) is 35.4 Å². The molecule has 1 aliphatic rings.